The summed E-state index contributed by atoms with van der Waals surface area (Å²) in [6.45, 7) is 2.90. The van der Waals surface area contributed by atoms with Crippen molar-refractivity contribution in [2.75, 3.05) is 6.54 Å². The molecule has 0 spiro atoms. The van der Waals surface area contributed by atoms with E-state index in [0.29, 0.717) is 0 Å². The fraction of sp³-hybridized carbons (Fsp3) is 0.286. The van der Waals surface area contributed by atoms with E-state index in [9.17, 15) is 4.39 Å². The Morgan fingerprint density at radius 3 is 2.65 bits per heavy atom. The molecule has 1 aromatic carbocycles. The van der Waals surface area contributed by atoms with Crippen molar-refractivity contribution in [1.82, 2.24) is 5.32 Å². The summed E-state index contributed by atoms with van der Waals surface area (Å²) in [7, 11) is 0. The summed E-state index contributed by atoms with van der Waals surface area (Å²) < 4.78 is 18.0. The van der Waals surface area contributed by atoms with Gasteiger partial charge in [0.25, 0.3) is 0 Å². The van der Waals surface area contributed by atoms with Gasteiger partial charge in [-0.15, -0.1) is 0 Å². The van der Waals surface area contributed by atoms with Gasteiger partial charge in [-0.05, 0) is 49.7 Å². The van der Waals surface area contributed by atoms with Crippen LogP contribution in [0.25, 0.3) is 0 Å². The van der Waals surface area contributed by atoms with Crippen LogP contribution in [0.4, 0.5) is 4.39 Å². The zero-order chi connectivity index (χ0) is 12.1. The fourth-order valence-corrected chi connectivity index (χ4v) is 1.72. The van der Waals surface area contributed by atoms with Gasteiger partial charge < -0.3 is 9.73 Å². The summed E-state index contributed by atoms with van der Waals surface area (Å²) >= 11 is 0. The third-order valence-electron chi connectivity index (χ3n) is 2.75. The topological polar surface area (TPSA) is 25.2 Å². The quantitative estimate of drug-likeness (QED) is 0.857. The van der Waals surface area contributed by atoms with Crippen LogP contribution in [0.5, 0.6) is 0 Å². The second-order valence-corrected chi connectivity index (χ2v) is 4.07. The third-order valence-corrected chi connectivity index (χ3v) is 2.75. The van der Waals surface area contributed by atoms with E-state index in [-0.39, 0.29) is 11.9 Å². The molecule has 1 N–H and O–H groups in total. The maximum Gasteiger partial charge on any atom is 0.123 e. The van der Waals surface area contributed by atoms with Crippen LogP contribution in [0, 0.1) is 5.82 Å². The van der Waals surface area contributed by atoms with Crippen molar-refractivity contribution in [3.05, 3.63) is 59.8 Å². The molecule has 0 bridgehead atoms. The van der Waals surface area contributed by atoms with E-state index < -0.39 is 0 Å². The van der Waals surface area contributed by atoms with Crippen LogP contribution in [-0.2, 0) is 6.42 Å². The van der Waals surface area contributed by atoms with Gasteiger partial charge in [-0.1, -0.05) is 12.1 Å². The van der Waals surface area contributed by atoms with Crippen molar-refractivity contribution in [1.29, 1.82) is 0 Å². The highest BCUT2D eigenvalue weighted by Gasteiger charge is 2.06. The molecule has 0 amide bonds. The lowest BCUT2D eigenvalue weighted by Gasteiger charge is -2.11. The molecule has 1 aromatic heterocycles. The number of hydrogen-bond donors (Lipinski definition) is 1. The second kappa shape index (κ2) is 5.64. The van der Waals surface area contributed by atoms with Gasteiger partial charge in [0, 0.05) is 0 Å². The lowest BCUT2D eigenvalue weighted by atomic mass is 10.1. The Kier molecular flexibility index (Phi) is 3.94. The summed E-state index contributed by atoms with van der Waals surface area (Å²) in [5.41, 5.74) is 1.13. The van der Waals surface area contributed by atoms with Gasteiger partial charge in [-0.25, -0.2) is 4.39 Å². The van der Waals surface area contributed by atoms with E-state index in [1.165, 1.54) is 12.1 Å². The number of rotatable bonds is 5. The number of hydrogen-bond acceptors (Lipinski definition) is 2. The van der Waals surface area contributed by atoms with Crippen LogP contribution in [-0.4, -0.2) is 6.54 Å². The lowest BCUT2D eigenvalue weighted by molar-refractivity contribution is 0.432. The molecule has 2 aromatic rings. The van der Waals surface area contributed by atoms with Crippen molar-refractivity contribution in [2.45, 2.75) is 19.4 Å². The van der Waals surface area contributed by atoms with Crippen LogP contribution in [0.15, 0.2) is 47.1 Å². The lowest BCUT2D eigenvalue weighted by Crippen LogP contribution is -2.20. The molecule has 1 atom stereocenters. The molecule has 0 saturated heterocycles. The average Bonchev–Trinajstić information content (AvgIpc) is 2.85. The first-order valence-electron chi connectivity index (χ1n) is 5.77. The van der Waals surface area contributed by atoms with Gasteiger partial charge in [0.05, 0.1) is 12.3 Å². The van der Waals surface area contributed by atoms with E-state index in [1.807, 2.05) is 24.3 Å². The zero-order valence-electron chi connectivity index (χ0n) is 9.82. The van der Waals surface area contributed by atoms with E-state index >= 15 is 0 Å². The molecule has 0 saturated carbocycles. The van der Waals surface area contributed by atoms with E-state index in [0.717, 1.165) is 24.3 Å². The summed E-state index contributed by atoms with van der Waals surface area (Å²) in [5, 5.41) is 3.36. The molecule has 17 heavy (non-hydrogen) atoms. The van der Waals surface area contributed by atoms with Gasteiger partial charge >= 0.3 is 0 Å². The van der Waals surface area contributed by atoms with E-state index in [2.05, 4.69) is 12.2 Å². The number of benzene rings is 1. The highest BCUT2D eigenvalue weighted by molar-refractivity contribution is 5.16. The van der Waals surface area contributed by atoms with Crippen LogP contribution < -0.4 is 5.32 Å². The smallest absolute Gasteiger partial charge is 0.123 e. The number of furan rings is 1. The second-order valence-electron chi connectivity index (χ2n) is 4.07. The Balaban J connectivity index is 1.78. The molecular formula is C14H16FNO. The molecule has 0 aliphatic heterocycles. The van der Waals surface area contributed by atoms with Crippen LogP contribution in [0.3, 0.4) is 0 Å². The number of halogens is 1. The van der Waals surface area contributed by atoms with Gasteiger partial charge in [0.2, 0.25) is 0 Å². The highest BCUT2D eigenvalue weighted by Crippen LogP contribution is 2.12. The monoisotopic (exact) mass is 233 g/mol. The minimum Gasteiger partial charge on any atom is -0.468 e. The molecule has 0 aliphatic carbocycles. The predicted octanol–water partition coefficient (Wildman–Crippen LogP) is 3.31. The Morgan fingerprint density at radius 1 is 1.24 bits per heavy atom. The SMILES string of the molecule is CC(NCCc1ccc(F)cc1)c1ccco1. The minimum absolute atomic E-state index is 0.189. The molecule has 0 aliphatic rings. The summed E-state index contributed by atoms with van der Waals surface area (Å²) in [4.78, 5) is 0. The fourth-order valence-electron chi connectivity index (χ4n) is 1.72. The first-order chi connectivity index (χ1) is 8.25. The van der Waals surface area contributed by atoms with Crippen LogP contribution in [0.1, 0.15) is 24.3 Å². The first-order valence-corrected chi connectivity index (χ1v) is 5.77. The van der Waals surface area contributed by atoms with Crippen LogP contribution >= 0.6 is 0 Å². The maximum absolute atomic E-state index is 12.7. The Morgan fingerprint density at radius 2 is 2.00 bits per heavy atom. The van der Waals surface area contributed by atoms with Gasteiger partial charge in [-0.3, -0.25) is 0 Å². The van der Waals surface area contributed by atoms with Crippen molar-refractivity contribution >= 4 is 0 Å². The van der Waals surface area contributed by atoms with Crippen molar-refractivity contribution in [3.8, 4) is 0 Å². The van der Waals surface area contributed by atoms with Gasteiger partial charge in [0.15, 0.2) is 0 Å². The van der Waals surface area contributed by atoms with Crippen molar-refractivity contribution in [2.24, 2.45) is 0 Å². The molecule has 0 fully saturated rings. The molecule has 0 radical (unpaired) electrons. The normalized spacial score (nSPS) is 12.6. The Hall–Kier alpha value is -1.61. The van der Waals surface area contributed by atoms with E-state index in [4.69, 9.17) is 4.42 Å². The standard InChI is InChI=1S/C14H16FNO/c1-11(14-3-2-10-17-14)16-9-8-12-4-6-13(15)7-5-12/h2-7,10-11,16H,8-9H2,1H3. The molecule has 1 unspecified atom stereocenters. The predicted molar refractivity (Wildman–Crippen MR) is 65.2 cm³/mol. The summed E-state index contributed by atoms with van der Waals surface area (Å²) in [6, 6.07) is 10.6. The molecule has 3 heteroatoms. The third kappa shape index (κ3) is 3.43. The van der Waals surface area contributed by atoms with Crippen molar-refractivity contribution < 1.29 is 8.81 Å². The summed E-state index contributed by atoms with van der Waals surface area (Å²) in [6.07, 6.45) is 2.55. The number of nitrogens with one attached hydrogen (secondary N) is 1. The first kappa shape index (κ1) is 11.9. The molecule has 1 heterocycles. The molecule has 2 nitrogen and oxygen atoms in total. The largest absolute Gasteiger partial charge is 0.468 e. The summed E-state index contributed by atoms with van der Waals surface area (Å²) in [5.74, 6) is 0.745. The Labute approximate surface area is 100 Å². The van der Waals surface area contributed by atoms with E-state index in [1.54, 1.807) is 6.26 Å². The molecule has 2 rings (SSSR count). The minimum atomic E-state index is -0.189. The Bertz CT molecular complexity index is 436. The molecular weight excluding hydrogens is 217 g/mol. The molecule has 90 valence electrons. The van der Waals surface area contributed by atoms with Crippen molar-refractivity contribution in [3.63, 3.8) is 0 Å². The van der Waals surface area contributed by atoms with Gasteiger partial charge in [-0.2, -0.15) is 0 Å². The van der Waals surface area contributed by atoms with Crippen LogP contribution in [0.2, 0.25) is 0 Å². The average molecular weight is 233 g/mol. The zero-order valence-corrected chi connectivity index (χ0v) is 9.82. The highest BCUT2D eigenvalue weighted by atomic mass is 19.1. The maximum atomic E-state index is 12.7. The van der Waals surface area contributed by atoms with Gasteiger partial charge in [0.1, 0.15) is 11.6 Å².